The van der Waals surface area contributed by atoms with Gasteiger partial charge in [0.2, 0.25) is 0 Å². The lowest BCUT2D eigenvalue weighted by Gasteiger charge is -2.17. The number of ether oxygens (including phenoxy) is 3. The number of methoxy groups -OCH3 is 2. The van der Waals surface area contributed by atoms with Gasteiger partial charge < -0.3 is 19.5 Å². The van der Waals surface area contributed by atoms with Gasteiger partial charge in [0, 0.05) is 5.69 Å². The summed E-state index contributed by atoms with van der Waals surface area (Å²) in [5.41, 5.74) is 1.42. The highest BCUT2D eigenvalue weighted by atomic mass is 16.5. The molecule has 0 saturated carbocycles. The van der Waals surface area contributed by atoms with Crippen molar-refractivity contribution in [3.63, 3.8) is 0 Å². The topological polar surface area (TPSA) is 73.9 Å². The molecule has 3 rings (SSSR count). The SMILES string of the molecule is COc1ccc(NC(=O)[C@@H](C)OC(=O)[C@@H](C)c2ccc3cc(OC)ccc3c2)cc1. The quantitative estimate of drug-likeness (QED) is 0.583. The molecule has 0 radical (unpaired) electrons. The van der Waals surface area contributed by atoms with Crippen LogP contribution in [0.2, 0.25) is 0 Å². The highest BCUT2D eigenvalue weighted by Crippen LogP contribution is 2.26. The fourth-order valence-electron chi connectivity index (χ4n) is 3.02. The van der Waals surface area contributed by atoms with Crippen LogP contribution in [0.4, 0.5) is 5.69 Å². The third-order valence-corrected chi connectivity index (χ3v) is 4.94. The molecular formula is C24H25NO5. The van der Waals surface area contributed by atoms with Crippen LogP contribution < -0.4 is 14.8 Å². The molecule has 0 aliphatic carbocycles. The molecule has 0 heterocycles. The summed E-state index contributed by atoms with van der Waals surface area (Å²) in [6.45, 7) is 3.32. The van der Waals surface area contributed by atoms with Crippen LogP contribution >= 0.6 is 0 Å². The first kappa shape index (κ1) is 21.2. The first-order valence-electron chi connectivity index (χ1n) is 9.64. The summed E-state index contributed by atoms with van der Waals surface area (Å²) in [6, 6.07) is 18.5. The van der Waals surface area contributed by atoms with Gasteiger partial charge in [-0.25, -0.2) is 0 Å². The maximum atomic E-state index is 12.6. The van der Waals surface area contributed by atoms with Crippen molar-refractivity contribution in [3.05, 3.63) is 66.2 Å². The molecule has 1 N–H and O–H groups in total. The first-order valence-corrected chi connectivity index (χ1v) is 9.64. The van der Waals surface area contributed by atoms with Crippen LogP contribution in [-0.4, -0.2) is 32.2 Å². The van der Waals surface area contributed by atoms with E-state index >= 15 is 0 Å². The zero-order valence-corrected chi connectivity index (χ0v) is 17.5. The first-order chi connectivity index (χ1) is 14.4. The average Bonchev–Trinajstić information content (AvgIpc) is 2.78. The van der Waals surface area contributed by atoms with Gasteiger partial charge in [-0.15, -0.1) is 0 Å². The normalized spacial score (nSPS) is 12.7. The number of rotatable bonds is 7. The summed E-state index contributed by atoms with van der Waals surface area (Å²) in [5, 5.41) is 4.75. The lowest BCUT2D eigenvalue weighted by molar-refractivity contribution is -0.154. The molecule has 30 heavy (non-hydrogen) atoms. The van der Waals surface area contributed by atoms with E-state index in [1.165, 1.54) is 0 Å². The Morgan fingerprint density at radius 1 is 0.800 bits per heavy atom. The second-order valence-electron chi connectivity index (χ2n) is 6.99. The molecule has 1 amide bonds. The van der Waals surface area contributed by atoms with Crippen LogP contribution in [-0.2, 0) is 14.3 Å². The Labute approximate surface area is 175 Å². The summed E-state index contributed by atoms with van der Waals surface area (Å²) in [7, 11) is 3.20. The van der Waals surface area contributed by atoms with E-state index in [0.29, 0.717) is 11.4 Å². The van der Waals surface area contributed by atoms with Crippen LogP contribution in [0.3, 0.4) is 0 Å². The molecule has 0 bridgehead atoms. The Balaban J connectivity index is 1.63. The van der Waals surface area contributed by atoms with Crippen LogP contribution in [0.5, 0.6) is 11.5 Å². The molecule has 0 spiro atoms. The fourth-order valence-corrected chi connectivity index (χ4v) is 3.02. The van der Waals surface area contributed by atoms with Crippen molar-refractivity contribution in [1.82, 2.24) is 0 Å². The average molecular weight is 407 g/mol. The minimum Gasteiger partial charge on any atom is -0.497 e. The maximum absolute atomic E-state index is 12.6. The molecule has 0 unspecified atom stereocenters. The number of anilines is 1. The number of esters is 1. The number of hydrogen-bond donors (Lipinski definition) is 1. The van der Waals surface area contributed by atoms with E-state index in [2.05, 4.69) is 5.32 Å². The minimum atomic E-state index is -0.924. The highest BCUT2D eigenvalue weighted by Gasteiger charge is 2.23. The molecule has 0 aliphatic rings. The monoisotopic (exact) mass is 407 g/mol. The number of carbonyl (C=O) groups is 2. The Kier molecular flexibility index (Phi) is 6.57. The maximum Gasteiger partial charge on any atom is 0.313 e. The molecule has 3 aromatic carbocycles. The van der Waals surface area contributed by atoms with Gasteiger partial charge >= 0.3 is 5.97 Å². The third kappa shape index (κ3) is 4.89. The van der Waals surface area contributed by atoms with E-state index in [1.54, 1.807) is 52.3 Å². The molecule has 3 aromatic rings. The number of fused-ring (bicyclic) bond motifs is 1. The predicted molar refractivity (Wildman–Crippen MR) is 116 cm³/mol. The van der Waals surface area contributed by atoms with Crippen molar-refractivity contribution in [1.29, 1.82) is 0 Å². The Morgan fingerprint density at radius 3 is 2.07 bits per heavy atom. The van der Waals surface area contributed by atoms with Crippen molar-refractivity contribution in [3.8, 4) is 11.5 Å². The van der Waals surface area contributed by atoms with Gasteiger partial charge in [-0.3, -0.25) is 9.59 Å². The number of benzene rings is 3. The summed E-state index contributed by atoms with van der Waals surface area (Å²) < 4.78 is 15.7. The molecule has 0 aromatic heterocycles. The van der Waals surface area contributed by atoms with Crippen molar-refractivity contribution >= 4 is 28.3 Å². The Bertz CT molecular complexity index is 1050. The minimum absolute atomic E-state index is 0.397. The van der Waals surface area contributed by atoms with Gasteiger partial charge in [-0.1, -0.05) is 24.3 Å². The fraction of sp³-hybridized carbons (Fsp3) is 0.250. The van der Waals surface area contributed by atoms with Crippen molar-refractivity contribution in [2.45, 2.75) is 25.9 Å². The largest absolute Gasteiger partial charge is 0.497 e. The van der Waals surface area contributed by atoms with Crippen LogP contribution in [0.25, 0.3) is 10.8 Å². The zero-order valence-electron chi connectivity index (χ0n) is 17.5. The molecule has 2 atom stereocenters. The van der Waals surface area contributed by atoms with E-state index in [-0.39, 0.29) is 0 Å². The van der Waals surface area contributed by atoms with Crippen LogP contribution in [0, 0.1) is 0 Å². The van der Waals surface area contributed by atoms with E-state index in [1.807, 2.05) is 36.4 Å². The smallest absolute Gasteiger partial charge is 0.313 e. The molecule has 156 valence electrons. The van der Waals surface area contributed by atoms with Gasteiger partial charge in [0.15, 0.2) is 6.10 Å². The second kappa shape index (κ2) is 9.31. The van der Waals surface area contributed by atoms with E-state index < -0.39 is 23.9 Å². The van der Waals surface area contributed by atoms with E-state index in [4.69, 9.17) is 14.2 Å². The standard InChI is InChI=1S/C24H25NO5/c1-15(17-5-6-19-14-22(29-4)10-7-18(19)13-17)24(27)30-16(2)23(26)25-20-8-11-21(28-3)12-9-20/h5-16H,1-4H3,(H,25,26)/t15-,16+/m0/s1. The lowest BCUT2D eigenvalue weighted by atomic mass is 9.98. The number of carbonyl (C=O) groups excluding carboxylic acids is 2. The second-order valence-corrected chi connectivity index (χ2v) is 6.99. The summed E-state index contributed by atoms with van der Waals surface area (Å²) in [5.74, 6) is 0.105. The van der Waals surface area contributed by atoms with Crippen LogP contribution in [0.1, 0.15) is 25.3 Å². The van der Waals surface area contributed by atoms with Gasteiger partial charge in [0.05, 0.1) is 20.1 Å². The van der Waals surface area contributed by atoms with E-state index in [0.717, 1.165) is 22.1 Å². The lowest BCUT2D eigenvalue weighted by Crippen LogP contribution is -2.31. The molecule has 0 fully saturated rings. The van der Waals surface area contributed by atoms with Gasteiger partial charge in [0.1, 0.15) is 11.5 Å². The van der Waals surface area contributed by atoms with Gasteiger partial charge in [-0.2, -0.15) is 0 Å². The number of amides is 1. The molecule has 0 saturated heterocycles. The number of nitrogens with one attached hydrogen (secondary N) is 1. The van der Waals surface area contributed by atoms with Crippen LogP contribution in [0.15, 0.2) is 60.7 Å². The third-order valence-electron chi connectivity index (χ3n) is 4.94. The van der Waals surface area contributed by atoms with Gasteiger partial charge in [-0.05, 0) is 66.6 Å². The highest BCUT2D eigenvalue weighted by molar-refractivity contribution is 5.95. The molecule has 6 heteroatoms. The Morgan fingerprint density at radius 2 is 1.40 bits per heavy atom. The summed E-state index contributed by atoms with van der Waals surface area (Å²) in [4.78, 5) is 25.0. The zero-order chi connectivity index (χ0) is 21.7. The number of hydrogen-bond acceptors (Lipinski definition) is 5. The van der Waals surface area contributed by atoms with Crippen molar-refractivity contribution in [2.24, 2.45) is 0 Å². The molecule has 0 aliphatic heterocycles. The van der Waals surface area contributed by atoms with Crippen molar-refractivity contribution in [2.75, 3.05) is 19.5 Å². The molecule has 6 nitrogen and oxygen atoms in total. The predicted octanol–water partition coefficient (Wildman–Crippen LogP) is 4.53. The van der Waals surface area contributed by atoms with Crippen molar-refractivity contribution < 1.29 is 23.8 Å². The summed E-state index contributed by atoms with van der Waals surface area (Å²) in [6.07, 6.45) is -0.924. The summed E-state index contributed by atoms with van der Waals surface area (Å²) >= 11 is 0. The Hall–Kier alpha value is -3.54. The molecular weight excluding hydrogens is 382 g/mol. The van der Waals surface area contributed by atoms with E-state index in [9.17, 15) is 9.59 Å². The van der Waals surface area contributed by atoms with Gasteiger partial charge in [0.25, 0.3) is 5.91 Å².